The lowest BCUT2D eigenvalue weighted by Crippen LogP contribution is -2.33. The minimum Gasteiger partial charge on any atom is -0.390 e. The fraction of sp³-hybridized carbons (Fsp3) is 0.600. The maximum absolute atomic E-state index is 13.8. The zero-order valence-electron chi connectivity index (χ0n) is 40.7. The molecular weight excluding hydrogens is 1090 g/mol. The van der Waals surface area contributed by atoms with E-state index in [0.717, 1.165) is 30.7 Å². The average molecular weight is 1140 g/mol. The molecule has 4 saturated heterocycles. The van der Waals surface area contributed by atoms with Gasteiger partial charge in [0.1, 0.15) is 55.4 Å². The quantitative estimate of drug-likeness (QED) is 0.0493. The van der Waals surface area contributed by atoms with Crippen LogP contribution in [0.4, 0.5) is 0 Å². The predicted octanol–water partition coefficient (Wildman–Crippen LogP) is -1.54. The fourth-order valence-electron chi connectivity index (χ4n) is 8.70. The van der Waals surface area contributed by atoms with Gasteiger partial charge in [0.05, 0.1) is 38.1 Å². The molecule has 4 aromatic heterocycles. The van der Waals surface area contributed by atoms with E-state index in [1.807, 2.05) is 0 Å². The summed E-state index contributed by atoms with van der Waals surface area (Å²) in [4.78, 5) is 140. The van der Waals surface area contributed by atoms with Crippen molar-refractivity contribution in [3.05, 3.63) is 130 Å². The number of H-pyrrole nitrogens is 4. The molecule has 0 saturated carbocycles. The molecule has 8 heterocycles. The molecule has 33 nitrogen and oxygen atoms in total. The molecule has 8 rings (SSSR count). The van der Waals surface area contributed by atoms with Crippen LogP contribution in [-0.4, -0.2) is 127 Å². The van der Waals surface area contributed by atoms with Crippen molar-refractivity contribution in [3.63, 3.8) is 0 Å². The van der Waals surface area contributed by atoms with E-state index >= 15 is 0 Å². The van der Waals surface area contributed by atoms with Crippen molar-refractivity contribution in [3.8, 4) is 0 Å². The van der Waals surface area contributed by atoms with E-state index in [1.165, 1.54) is 47.0 Å². The van der Waals surface area contributed by atoms with Gasteiger partial charge < -0.3 is 38.7 Å². The number of aromatic nitrogens is 8. The molecule has 4 aliphatic rings. The molecule has 0 bridgehead atoms. The third kappa shape index (κ3) is 13.0. The zero-order valence-corrected chi connectivity index (χ0v) is 43.4. The van der Waals surface area contributed by atoms with Gasteiger partial charge in [0.2, 0.25) is 0 Å². The monoisotopic (exact) mass is 1140 g/mol. The second-order valence-electron chi connectivity index (χ2n) is 18.3. The molecule has 3 unspecified atom stereocenters. The van der Waals surface area contributed by atoms with Gasteiger partial charge in [-0.15, -0.1) is 0 Å². The summed E-state index contributed by atoms with van der Waals surface area (Å²) in [6, 6.07) is 0. The lowest BCUT2D eigenvalue weighted by atomic mass is 10.2. The van der Waals surface area contributed by atoms with E-state index in [-0.39, 0.29) is 35.1 Å². The summed E-state index contributed by atoms with van der Waals surface area (Å²) in [5, 5.41) is 10.7. The number of aromatic amines is 4. The topological polar surface area (TPSA) is 444 Å². The molecule has 4 fully saturated rings. The molecule has 4 aliphatic heterocycles. The first-order chi connectivity index (χ1) is 35.6. The van der Waals surface area contributed by atoms with Crippen molar-refractivity contribution in [1.29, 1.82) is 0 Å². The smallest absolute Gasteiger partial charge is 0.390 e. The Morgan fingerprint density at radius 3 is 1.11 bits per heavy atom. The normalized spacial score (nSPS) is 30.1. The fourth-order valence-corrected chi connectivity index (χ4v) is 11.6. The number of phosphoric ester groups is 3. The van der Waals surface area contributed by atoms with E-state index in [4.69, 9.17) is 46.1 Å². The van der Waals surface area contributed by atoms with Gasteiger partial charge in [-0.1, -0.05) is 0 Å². The number of rotatable bonds is 19. The van der Waals surface area contributed by atoms with Gasteiger partial charge in [0.25, 0.3) is 22.2 Å². The maximum atomic E-state index is 13.8. The van der Waals surface area contributed by atoms with E-state index in [9.17, 15) is 71.8 Å². The second-order valence-corrected chi connectivity index (χ2v) is 22.6. The second kappa shape index (κ2) is 22.3. The number of hydrogen-bond donors (Lipinski definition) is 8. The van der Waals surface area contributed by atoms with Crippen LogP contribution in [0.3, 0.4) is 0 Å². The third-order valence-electron chi connectivity index (χ3n) is 12.7. The molecule has 36 heteroatoms. The van der Waals surface area contributed by atoms with Crippen molar-refractivity contribution in [1.82, 2.24) is 38.2 Å². The number of aryl methyl sites for hydroxylation is 4. The lowest BCUT2D eigenvalue weighted by molar-refractivity contribution is -0.0626. The molecule has 8 N–H and O–H groups in total. The number of hydrogen-bond acceptors (Lipinski definition) is 22. The zero-order chi connectivity index (χ0) is 55.3. The molecule has 15 atom stereocenters. The molecule has 4 aromatic rings. The van der Waals surface area contributed by atoms with Gasteiger partial charge in [0, 0.05) is 72.7 Å². The van der Waals surface area contributed by atoms with Crippen LogP contribution in [0, 0.1) is 27.7 Å². The van der Waals surface area contributed by atoms with Crippen molar-refractivity contribution < 1.29 is 79.6 Å². The Bertz CT molecular complexity index is 3490. The molecule has 0 radical (unpaired) electrons. The minimum absolute atomic E-state index is 0.0444. The Morgan fingerprint density at radius 1 is 0.474 bits per heavy atom. The van der Waals surface area contributed by atoms with Crippen LogP contribution in [0.2, 0.25) is 0 Å². The van der Waals surface area contributed by atoms with Gasteiger partial charge >= 0.3 is 46.2 Å². The van der Waals surface area contributed by atoms with Crippen LogP contribution in [-0.2, 0) is 59.8 Å². The number of ether oxygens (including phenoxy) is 4. The van der Waals surface area contributed by atoms with E-state index in [2.05, 4.69) is 19.9 Å². The Labute approximate surface area is 424 Å². The highest BCUT2D eigenvalue weighted by molar-refractivity contribution is 7.48. The molecular formula is C40H53N8O25P3. The summed E-state index contributed by atoms with van der Waals surface area (Å²) in [6.45, 7) is 4.37. The van der Waals surface area contributed by atoms with E-state index in [1.54, 1.807) is 0 Å². The molecule has 76 heavy (non-hydrogen) atoms. The summed E-state index contributed by atoms with van der Waals surface area (Å²) in [7, 11) is -15.8. The standard InChI is InChI=1S/C40H53N8O25P3/c1-17-10-45(37(54)41-33(17)50)29-6-22(49)26(68-29)14-64-75(60,61)72-24-8-31(47-12-19(3)35(52)43-39(47)56)70-28(24)16-66-76(62,63)73-25-9-32(48-13-20(4)36(53)44-40(48)57)69-27(25)15-65-74(58,59)71-23-7-30(67-21(23)5)46-11-18(2)34(51)42-38(46)55/h10-13,21-32,49H,6-9,14-16H2,1-5H3,(H,58,59)(H,60,61)(H,62,63)(H,41,50,54)(H,42,51,55)(H,43,52,56)(H,44,53,57)/t21-,22+,23+,24+,25+,26-,27-,28-,29-,30-,31-,32-/m1/s1. The summed E-state index contributed by atoms with van der Waals surface area (Å²) in [6.07, 6.45) is -12.7. The summed E-state index contributed by atoms with van der Waals surface area (Å²) < 4.78 is 100. The first kappa shape index (κ1) is 57.0. The summed E-state index contributed by atoms with van der Waals surface area (Å²) in [5.74, 6) is 0. The number of nitrogens with one attached hydrogen (secondary N) is 4. The Kier molecular flexibility index (Phi) is 16.7. The van der Waals surface area contributed by atoms with Crippen LogP contribution < -0.4 is 45.0 Å². The molecule has 418 valence electrons. The van der Waals surface area contributed by atoms with Crippen molar-refractivity contribution in [2.24, 2.45) is 0 Å². The summed E-state index contributed by atoms with van der Waals surface area (Å²) >= 11 is 0. The van der Waals surface area contributed by atoms with Crippen LogP contribution in [0.15, 0.2) is 63.1 Å². The molecule has 0 spiro atoms. The SMILES string of the molecule is Cc1cn([C@H]2C[C@H](OP(=O)(O)OC[C@H]3O[C@@H](n4cc(C)c(=O)[nH]c4=O)C[C@@H]3OP(=O)(O)OC[C@H]3O[C@@H](n4cc(C)c(=O)[nH]c4=O)C[C@@H]3OP(=O)(O)OC[C@H]3O[C@@H](n4cc(C)c(=O)[nH]c4=O)C[C@@H]3O)[C@@H](C)O2)c(=O)[nH]c1=O. The highest BCUT2D eigenvalue weighted by Crippen LogP contribution is 2.53. The van der Waals surface area contributed by atoms with Gasteiger partial charge in [-0.2, -0.15) is 0 Å². The van der Waals surface area contributed by atoms with Crippen molar-refractivity contribution in [2.45, 2.75) is 134 Å². The number of aliphatic hydroxyl groups excluding tert-OH is 1. The van der Waals surface area contributed by atoms with E-state index < -0.39 is 175 Å². The molecule has 0 aromatic carbocycles. The largest absolute Gasteiger partial charge is 0.472 e. The van der Waals surface area contributed by atoms with Crippen LogP contribution in [0.1, 0.15) is 79.8 Å². The lowest BCUT2D eigenvalue weighted by Gasteiger charge is -2.25. The first-order valence-electron chi connectivity index (χ1n) is 23.1. The van der Waals surface area contributed by atoms with Gasteiger partial charge in [-0.3, -0.25) is 84.5 Å². The number of aliphatic hydroxyl groups is 1. The Morgan fingerprint density at radius 2 is 0.750 bits per heavy atom. The average Bonchev–Trinajstić information content (AvgIpc) is 4.11. The Hall–Kier alpha value is -5.15. The van der Waals surface area contributed by atoms with Crippen LogP contribution >= 0.6 is 23.5 Å². The predicted molar refractivity (Wildman–Crippen MR) is 252 cm³/mol. The first-order valence-corrected chi connectivity index (χ1v) is 27.6. The summed E-state index contributed by atoms with van der Waals surface area (Å²) in [5.41, 5.74) is -5.93. The molecule has 0 aliphatic carbocycles. The maximum Gasteiger partial charge on any atom is 0.472 e. The Balaban J connectivity index is 0.958. The molecule has 0 amide bonds. The number of phosphoric acid groups is 3. The van der Waals surface area contributed by atoms with Gasteiger partial charge in [0.15, 0.2) is 0 Å². The van der Waals surface area contributed by atoms with Gasteiger partial charge in [-0.05, 0) is 34.6 Å². The highest BCUT2D eigenvalue weighted by atomic mass is 31.2. The third-order valence-corrected chi connectivity index (χ3v) is 15.8. The van der Waals surface area contributed by atoms with Crippen LogP contribution in [0.25, 0.3) is 0 Å². The van der Waals surface area contributed by atoms with E-state index in [0.29, 0.717) is 0 Å². The van der Waals surface area contributed by atoms with Gasteiger partial charge in [-0.25, -0.2) is 32.9 Å². The minimum atomic E-state index is -5.40. The highest BCUT2D eigenvalue weighted by Gasteiger charge is 2.48. The van der Waals surface area contributed by atoms with Crippen molar-refractivity contribution >= 4 is 23.5 Å². The van der Waals surface area contributed by atoms with Crippen molar-refractivity contribution in [2.75, 3.05) is 19.8 Å². The number of nitrogens with zero attached hydrogens (tertiary/aromatic N) is 4. The van der Waals surface area contributed by atoms with Crippen LogP contribution in [0.5, 0.6) is 0 Å².